The van der Waals surface area contributed by atoms with E-state index in [0.717, 1.165) is 17.5 Å². The molecule has 0 N–H and O–H groups in total. The van der Waals surface area contributed by atoms with Gasteiger partial charge in [0.25, 0.3) is 0 Å². The maximum absolute atomic E-state index is 13.7. The Labute approximate surface area is 159 Å². The Kier molecular flexibility index (Phi) is 3.61. The van der Waals surface area contributed by atoms with E-state index in [-0.39, 0.29) is 29.3 Å². The van der Waals surface area contributed by atoms with E-state index in [9.17, 15) is 9.59 Å². The van der Waals surface area contributed by atoms with E-state index in [2.05, 4.69) is 12.2 Å². The van der Waals surface area contributed by atoms with Crippen LogP contribution in [0.15, 0.2) is 60.7 Å². The molecule has 3 aliphatic rings. The monoisotopic (exact) mass is 358 g/mol. The van der Waals surface area contributed by atoms with Crippen LogP contribution in [0, 0.1) is 23.2 Å². The summed E-state index contributed by atoms with van der Waals surface area (Å²) in [6.07, 6.45) is 5.88. The maximum Gasteiger partial charge on any atom is 0.174 e. The van der Waals surface area contributed by atoms with Crippen LogP contribution >= 0.6 is 0 Å². The Morgan fingerprint density at radius 3 is 2.70 bits per heavy atom. The van der Waals surface area contributed by atoms with Crippen LogP contribution in [-0.2, 0) is 17.8 Å². The molecule has 1 fully saturated rings. The largest absolute Gasteiger partial charge is 0.488 e. The molecule has 3 nitrogen and oxygen atoms in total. The van der Waals surface area contributed by atoms with Gasteiger partial charge in [-0.2, -0.15) is 0 Å². The van der Waals surface area contributed by atoms with Crippen molar-refractivity contribution in [1.82, 2.24) is 0 Å². The Morgan fingerprint density at radius 1 is 1.11 bits per heavy atom. The molecule has 0 heterocycles. The smallest absolute Gasteiger partial charge is 0.174 e. The van der Waals surface area contributed by atoms with Crippen molar-refractivity contribution in [1.29, 1.82) is 0 Å². The van der Waals surface area contributed by atoms with Crippen molar-refractivity contribution in [3.8, 4) is 5.75 Å². The van der Waals surface area contributed by atoms with Crippen molar-refractivity contribution in [3.05, 3.63) is 77.4 Å². The molecule has 5 rings (SSSR count). The number of carbonyl (C=O) groups excluding carboxylic acids is 2. The van der Waals surface area contributed by atoms with Crippen LogP contribution in [0.3, 0.4) is 0 Å². The first-order valence-corrected chi connectivity index (χ1v) is 9.63. The number of fused-ring (bicyclic) bond motifs is 4. The first kappa shape index (κ1) is 16.5. The Morgan fingerprint density at radius 2 is 1.93 bits per heavy atom. The van der Waals surface area contributed by atoms with Crippen LogP contribution in [0.25, 0.3) is 0 Å². The predicted octanol–water partition coefficient (Wildman–Crippen LogP) is 4.40. The number of rotatable bonds is 4. The third-order valence-corrected chi connectivity index (χ3v) is 6.68. The molecule has 0 unspecified atom stereocenters. The Bertz CT molecular complexity index is 959. The standard InChI is InChI=1S/C24H22O3/c1-15(25)22-17-10-11-19(12-17)24(22)13-18-8-5-9-20(21(18)23(24)26)27-14-16-6-3-2-4-7-16/h2-11,17,19,22H,12-14H2,1H3/t17-,19+,22-,24+/m0/s1. The lowest BCUT2D eigenvalue weighted by Crippen LogP contribution is -2.43. The van der Waals surface area contributed by atoms with Gasteiger partial charge < -0.3 is 4.74 Å². The van der Waals surface area contributed by atoms with Crippen molar-refractivity contribution >= 4 is 11.6 Å². The van der Waals surface area contributed by atoms with Crippen molar-refractivity contribution in [2.75, 3.05) is 0 Å². The molecular formula is C24H22O3. The van der Waals surface area contributed by atoms with Crippen molar-refractivity contribution in [2.45, 2.75) is 26.4 Å². The summed E-state index contributed by atoms with van der Waals surface area (Å²) in [5.74, 6) is 1.07. The molecule has 27 heavy (non-hydrogen) atoms. The first-order chi connectivity index (χ1) is 13.1. The van der Waals surface area contributed by atoms with Crippen LogP contribution in [0.2, 0.25) is 0 Å². The van der Waals surface area contributed by atoms with Crippen molar-refractivity contribution in [3.63, 3.8) is 0 Å². The summed E-state index contributed by atoms with van der Waals surface area (Å²) in [6, 6.07) is 15.8. The molecular weight excluding hydrogens is 336 g/mol. The van der Waals surface area contributed by atoms with Crippen LogP contribution in [0.4, 0.5) is 0 Å². The topological polar surface area (TPSA) is 43.4 Å². The molecule has 4 atom stereocenters. The molecule has 0 saturated heterocycles. The third kappa shape index (κ3) is 2.27. The van der Waals surface area contributed by atoms with E-state index in [4.69, 9.17) is 4.74 Å². The van der Waals surface area contributed by atoms with Crippen LogP contribution < -0.4 is 4.74 Å². The predicted molar refractivity (Wildman–Crippen MR) is 103 cm³/mol. The molecule has 2 aromatic carbocycles. The van der Waals surface area contributed by atoms with E-state index in [1.165, 1.54) is 0 Å². The van der Waals surface area contributed by atoms with E-state index >= 15 is 0 Å². The number of ether oxygens (including phenoxy) is 1. The second-order valence-electron chi connectivity index (χ2n) is 8.09. The van der Waals surface area contributed by atoms with Gasteiger partial charge >= 0.3 is 0 Å². The Balaban J connectivity index is 1.51. The minimum Gasteiger partial charge on any atom is -0.488 e. The average Bonchev–Trinajstić information content (AvgIpc) is 3.34. The molecule has 136 valence electrons. The molecule has 0 aromatic heterocycles. The van der Waals surface area contributed by atoms with Crippen molar-refractivity contribution < 1.29 is 14.3 Å². The number of Topliss-reactive ketones (excluding diaryl/α,β-unsaturated/α-hetero) is 2. The second kappa shape index (κ2) is 5.91. The van der Waals surface area contributed by atoms with E-state index in [1.807, 2.05) is 48.5 Å². The van der Waals surface area contributed by atoms with Gasteiger partial charge in [0.2, 0.25) is 0 Å². The summed E-state index contributed by atoms with van der Waals surface area (Å²) >= 11 is 0. The van der Waals surface area contributed by atoms with E-state index in [0.29, 0.717) is 24.3 Å². The van der Waals surface area contributed by atoms with Gasteiger partial charge in [-0.1, -0.05) is 54.6 Å². The lowest BCUT2D eigenvalue weighted by atomic mass is 9.64. The third-order valence-electron chi connectivity index (χ3n) is 6.68. The lowest BCUT2D eigenvalue weighted by molar-refractivity contribution is -0.124. The number of benzene rings is 2. The number of hydrogen-bond acceptors (Lipinski definition) is 3. The summed E-state index contributed by atoms with van der Waals surface area (Å²) in [6.45, 7) is 2.07. The van der Waals surface area contributed by atoms with Gasteiger partial charge in [-0.3, -0.25) is 9.59 Å². The van der Waals surface area contributed by atoms with Crippen molar-refractivity contribution in [2.24, 2.45) is 23.2 Å². The Hall–Kier alpha value is -2.68. The highest BCUT2D eigenvalue weighted by atomic mass is 16.5. The van der Waals surface area contributed by atoms with Crippen LogP contribution in [0.5, 0.6) is 5.75 Å². The van der Waals surface area contributed by atoms with Gasteiger partial charge in [-0.25, -0.2) is 0 Å². The zero-order valence-electron chi connectivity index (χ0n) is 15.4. The fourth-order valence-corrected chi connectivity index (χ4v) is 5.65. The normalized spacial score (nSPS) is 30.1. The fraction of sp³-hybridized carbons (Fsp3) is 0.333. The molecule has 0 amide bonds. The minimum absolute atomic E-state index is 0.109. The second-order valence-corrected chi connectivity index (χ2v) is 8.09. The molecule has 3 aliphatic carbocycles. The molecule has 3 heteroatoms. The van der Waals surface area contributed by atoms with Gasteiger partial charge in [0, 0.05) is 5.92 Å². The highest BCUT2D eigenvalue weighted by Gasteiger charge is 2.64. The summed E-state index contributed by atoms with van der Waals surface area (Å²) in [5, 5.41) is 0. The van der Waals surface area contributed by atoms with Crippen LogP contribution in [-0.4, -0.2) is 11.6 Å². The number of ketones is 2. The summed E-state index contributed by atoms with van der Waals surface area (Å²) in [7, 11) is 0. The molecule has 1 saturated carbocycles. The number of allylic oxidation sites excluding steroid dienone is 2. The highest BCUT2D eigenvalue weighted by molar-refractivity contribution is 6.10. The van der Waals surface area contributed by atoms with E-state index in [1.54, 1.807) is 6.92 Å². The number of carbonyl (C=O) groups is 2. The lowest BCUT2D eigenvalue weighted by Gasteiger charge is -2.35. The van der Waals surface area contributed by atoms with Gasteiger partial charge in [0.15, 0.2) is 5.78 Å². The quantitative estimate of drug-likeness (QED) is 0.761. The highest BCUT2D eigenvalue weighted by Crippen LogP contribution is 2.62. The summed E-state index contributed by atoms with van der Waals surface area (Å²) in [4.78, 5) is 26.2. The zero-order valence-corrected chi connectivity index (χ0v) is 15.4. The molecule has 2 aromatic rings. The van der Waals surface area contributed by atoms with Gasteiger partial charge in [0.1, 0.15) is 18.1 Å². The summed E-state index contributed by atoms with van der Waals surface area (Å²) in [5.41, 5.74) is 2.19. The van der Waals surface area contributed by atoms with Gasteiger partial charge in [-0.15, -0.1) is 0 Å². The fourth-order valence-electron chi connectivity index (χ4n) is 5.65. The first-order valence-electron chi connectivity index (χ1n) is 9.63. The molecule has 2 bridgehead atoms. The average molecular weight is 358 g/mol. The molecule has 0 radical (unpaired) electrons. The zero-order chi connectivity index (χ0) is 18.6. The number of hydrogen-bond donors (Lipinski definition) is 0. The maximum atomic E-state index is 13.7. The van der Waals surface area contributed by atoms with Gasteiger partial charge in [0.05, 0.1) is 11.0 Å². The molecule has 0 aliphatic heterocycles. The minimum atomic E-state index is -0.597. The van der Waals surface area contributed by atoms with E-state index < -0.39 is 5.41 Å². The molecule has 1 spiro atoms. The van der Waals surface area contributed by atoms with Crippen LogP contribution in [0.1, 0.15) is 34.8 Å². The summed E-state index contributed by atoms with van der Waals surface area (Å²) < 4.78 is 6.06. The van der Waals surface area contributed by atoms with Gasteiger partial charge in [-0.05, 0) is 48.8 Å². The SMILES string of the molecule is CC(=O)[C@H]1[C@H]2C=C[C@H](C2)[C@]12Cc1cccc(OCc3ccccc3)c1C2=O.